The Kier molecular flexibility index (Phi) is 4.13. The van der Waals surface area contributed by atoms with Crippen molar-refractivity contribution in [2.24, 2.45) is 0 Å². The van der Waals surface area contributed by atoms with Crippen molar-refractivity contribution in [1.82, 2.24) is 0 Å². The molecule has 0 radical (unpaired) electrons. The van der Waals surface area contributed by atoms with Crippen LogP contribution in [0.5, 0.6) is 23.0 Å². The number of phenols is 3. The minimum Gasteiger partial charge on any atom is -0.508 e. The molecular formula is C16H14O5. The standard InChI is InChI=1S/C16H14O5/c1-21-16-11(5-9-14(19)15(16)20)4-8-13(18)10-2-6-12(17)7-3-10/h2-9,17,19-20H,1H3/b8-4-. The quantitative estimate of drug-likeness (QED) is 0.457. The van der Waals surface area contributed by atoms with Gasteiger partial charge in [-0.3, -0.25) is 4.79 Å². The molecule has 0 atom stereocenters. The van der Waals surface area contributed by atoms with Gasteiger partial charge in [-0.2, -0.15) is 0 Å². The number of carbonyl (C=O) groups is 1. The topological polar surface area (TPSA) is 87.0 Å². The van der Waals surface area contributed by atoms with Crippen LogP contribution in [0.4, 0.5) is 0 Å². The Bertz CT molecular complexity index is 687. The number of methoxy groups -OCH3 is 1. The highest BCUT2D eigenvalue weighted by molar-refractivity contribution is 6.07. The average Bonchev–Trinajstić information content (AvgIpc) is 2.49. The first-order chi connectivity index (χ1) is 10.0. The molecule has 0 saturated heterocycles. The molecule has 21 heavy (non-hydrogen) atoms. The summed E-state index contributed by atoms with van der Waals surface area (Å²) in [6, 6.07) is 8.69. The zero-order valence-electron chi connectivity index (χ0n) is 11.3. The SMILES string of the molecule is COc1c(/C=C\C(=O)c2ccc(O)cc2)ccc(O)c1O. The molecule has 5 nitrogen and oxygen atoms in total. The lowest BCUT2D eigenvalue weighted by molar-refractivity contribution is 0.104. The van der Waals surface area contributed by atoms with Gasteiger partial charge in [0.2, 0.25) is 5.75 Å². The highest BCUT2D eigenvalue weighted by Crippen LogP contribution is 2.38. The number of rotatable bonds is 4. The van der Waals surface area contributed by atoms with E-state index in [2.05, 4.69) is 0 Å². The van der Waals surface area contributed by atoms with Crippen LogP contribution in [-0.2, 0) is 0 Å². The van der Waals surface area contributed by atoms with Crippen LogP contribution < -0.4 is 4.74 Å². The Morgan fingerprint density at radius 2 is 1.71 bits per heavy atom. The van der Waals surface area contributed by atoms with Crippen LogP contribution in [0, 0.1) is 0 Å². The Labute approximate surface area is 121 Å². The van der Waals surface area contributed by atoms with Gasteiger partial charge < -0.3 is 20.1 Å². The van der Waals surface area contributed by atoms with E-state index in [1.165, 1.54) is 55.7 Å². The maximum atomic E-state index is 12.0. The first kappa shape index (κ1) is 14.5. The number of ether oxygens (including phenoxy) is 1. The molecule has 5 heteroatoms. The third kappa shape index (κ3) is 3.14. The first-order valence-electron chi connectivity index (χ1n) is 6.13. The number of hydrogen-bond acceptors (Lipinski definition) is 5. The van der Waals surface area contributed by atoms with Crippen LogP contribution in [0.1, 0.15) is 15.9 Å². The van der Waals surface area contributed by atoms with Gasteiger partial charge in [0.05, 0.1) is 7.11 Å². The zero-order valence-corrected chi connectivity index (χ0v) is 11.3. The Morgan fingerprint density at radius 1 is 1.05 bits per heavy atom. The molecule has 0 fully saturated rings. The molecule has 0 unspecified atom stereocenters. The number of carbonyl (C=O) groups excluding carboxylic acids is 1. The molecule has 0 spiro atoms. The molecule has 0 aromatic heterocycles. The highest BCUT2D eigenvalue weighted by Gasteiger charge is 2.11. The summed E-state index contributed by atoms with van der Waals surface area (Å²) < 4.78 is 5.01. The summed E-state index contributed by atoms with van der Waals surface area (Å²) in [6.45, 7) is 0. The number of phenolic OH excluding ortho intramolecular Hbond substituents is 3. The monoisotopic (exact) mass is 286 g/mol. The van der Waals surface area contributed by atoms with Crippen LogP contribution >= 0.6 is 0 Å². The van der Waals surface area contributed by atoms with Gasteiger partial charge in [-0.15, -0.1) is 0 Å². The van der Waals surface area contributed by atoms with E-state index in [1.54, 1.807) is 0 Å². The lowest BCUT2D eigenvalue weighted by atomic mass is 10.1. The van der Waals surface area contributed by atoms with E-state index in [-0.39, 0.29) is 28.8 Å². The van der Waals surface area contributed by atoms with E-state index in [9.17, 15) is 20.1 Å². The predicted molar refractivity (Wildman–Crippen MR) is 77.8 cm³/mol. The fourth-order valence-corrected chi connectivity index (χ4v) is 1.81. The maximum Gasteiger partial charge on any atom is 0.201 e. The van der Waals surface area contributed by atoms with Gasteiger partial charge in [-0.05, 0) is 48.6 Å². The fourth-order valence-electron chi connectivity index (χ4n) is 1.81. The van der Waals surface area contributed by atoms with E-state index >= 15 is 0 Å². The molecule has 0 heterocycles. The fraction of sp³-hybridized carbons (Fsp3) is 0.0625. The summed E-state index contributed by atoms with van der Waals surface area (Å²) in [5.74, 6) is -0.763. The molecule has 0 aliphatic rings. The van der Waals surface area contributed by atoms with Crippen LogP contribution in [0.2, 0.25) is 0 Å². The lowest BCUT2D eigenvalue weighted by Crippen LogP contribution is -1.94. The second-order valence-electron chi connectivity index (χ2n) is 4.30. The molecular weight excluding hydrogens is 272 g/mol. The van der Waals surface area contributed by atoms with Gasteiger partial charge in [0.15, 0.2) is 17.3 Å². The first-order valence-corrected chi connectivity index (χ1v) is 6.13. The molecule has 0 bridgehead atoms. The third-order valence-electron chi connectivity index (χ3n) is 2.91. The summed E-state index contributed by atoms with van der Waals surface area (Å²) in [6.07, 6.45) is 2.80. The molecule has 0 aliphatic carbocycles. The Hall–Kier alpha value is -2.95. The van der Waals surface area contributed by atoms with Crippen molar-refractivity contribution in [3.63, 3.8) is 0 Å². The normalized spacial score (nSPS) is 10.7. The molecule has 0 saturated carbocycles. The molecule has 108 valence electrons. The third-order valence-corrected chi connectivity index (χ3v) is 2.91. The molecule has 2 aromatic rings. The minimum absolute atomic E-state index is 0.0839. The molecule has 2 aromatic carbocycles. The van der Waals surface area contributed by atoms with Gasteiger partial charge in [0, 0.05) is 11.1 Å². The van der Waals surface area contributed by atoms with Gasteiger partial charge >= 0.3 is 0 Å². The molecule has 0 aliphatic heterocycles. The van der Waals surface area contributed by atoms with E-state index in [0.29, 0.717) is 11.1 Å². The Balaban J connectivity index is 2.27. The van der Waals surface area contributed by atoms with Gasteiger partial charge in [0.1, 0.15) is 5.75 Å². The number of ketones is 1. The van der Waals surface area contributed by atoms with Crippen LogP contribution in [-0.4, -0.2) is 28.2 Å². The summed E-state index contributed by atoms with van der Waals surface area (Å²) in [5.41, 5.74) is 0.881. The zero-order chi connectivity index (χ0) is 15.4. The summed E-state index contributed by atoms with van der Waals surface area (Å²) >= 11 is 0. The summed E-state index contributed by atoms with van der Waals surface area (Å²) in [7, 11) is 1.35. The van der Waals surface area contributed by atoms with Crippen LogP contribution in [0.25, 0.3) is 6.08 Å². The number of hydrogen-bond donors (Lipinski definition) is 3. The number of aromatic hydroxyl groups is 3. The molecule has 3 N–H and O–H groups in total. The van der Waals surface area contributed by atoms with Gasteiger partial charge in [-0.25, -0.2) is 0 Å². The Morgan fingerprint density at radius 3 is 2.33 bits per heavy atom. The average molecular weight is 286 g/mol. The summed E-state index contributed by atoms with van der Waals surface area (Å²) in [5, 5.41) is 28.2. The van der Waals surface area contributed by atoms with Gasteiger partial charge in [-0.1, -0.05) is 0 Å². The second-order valence-corrected chi connectivity index (χ2v) is 4.30. The highest BCUT2D eigenvalue weighted by atomic mass is 16.5. The number of allylic oxidation sites excluding steroid dienone is 1. The number of benzene rings is 2. The molecule has 0 amide bonds. The van der Waals surface area contributed by atoms with Crippen molar-refractivity contribution in [2.75, 3.05) is 7.11 Å². The van der Waals surface area contributed by atoms with Crippen LogP contribution in [0.15, 0.2) is 42.5 Å². The summed E-state index contributed by atoms with van der Waals surface area (Å²) in [4.78, 5) is 12.0. The van der Waals surface area contributed by atoms with Crippen molar-refractivity contribution in [3.05, 3.63) is 53.6 Å². The van der Waals surface area contributed by atoms with E-state index in [4.69, 9.17) is 4.74 Å². The van der Waals surface area contributed by atoms with E-state index < -0.39 is 0 Å². The van der Waals surface area contributed by atoms with Crippen molar-refractivity contribution < 1.29 is 24.9 Å². The van der Waals surface area contributed by atoms with Gasteiger partial charge in [0.25, 0.3) is 0 Å². The molecule has 2 rings (SSSR count). The second kappa shape index (κ2) is 6.00. The van der Waals surface area contributed by atoms with Crippen LogP contribution in [0.3, 0.4) is 0 Å². The van der Waals surface area contributed by atoms with Crippen molar-refractivity contribution in [2.45, 2.75) is 0 Å². The van der Waals surface area contributed by atoms with E-state index in [0.717, 1.165) is 0 Å². The van der Waals surface area contributed by atoms with Crippen molar-refractivity contribution in [1.29, 1.82) is 0 Å². The smallest absolute Gasteiger partial charge is 0.201 e. The maximum absolute atomic E-state index is 12.0. The predicted octanol–water partition coefficient (Wildman–Crippen LogP) is 2.71. The lowest BCUT2D eigenvalue weighted by Gasteiger charge is -2.08. The van der Waals surface area contributed by atoms with E-state index in [1.807, 2.05) is 0 Å². The largest absolute Gasteiger partial charge is 0.508 e. The van der Waals surface area contributed by atoms with Crippen molar-refractivity contribution in [3.8, 4) is 23.0 Å². The van der Waals surface area contributed by atoms with Crippen molar-refractivity contribution >= 4 is 11.9 Å². The minimum atomic E-state index is -0.378.